The number of anilines is 2. The summed E-state index contributed by atoms with van der Waals surface area (Å²) < 4.78 is 5.73. The highest BCUT2D eigenvalue weighted by Gasteiger charge is 2.25. The van der Waals surface area contributed by atoms with Crippen molar-refractivity contribution in [1.82, 2.24) is 9.97 Å². The van der Waals surface area contributed by atoms with Crippen LogP contribution < -0.4 is 14.5 Å². The molecule has 0 bridgehead atoms. The van der Waals surface area contributed by atoms with Crippen LogP contribution in [0.15, 0.2) is 42.7 Å². The van der Waals surface area contributed by atoms with Crippen molar-refractivity contribution < 1.29 is 9.84 Å². The summed E-state index contributed by atoms with van der Waals surface area (Å²) in [5.74, 6) is 2.62. The SMILES string of the molecule is CN(CCOc1ccccc1)c1cc(N2CCC[C@H]2CO)ncn1. The highest BCUT2D eigenvalue weighted by Crippen LogP contribution is 2.25. The Morgan fingerprint density at radius 1 is 1.29 bits per heavy atom. The van der Waals surface area contributed by atoms with Gasteiger partial charge in [0.1, 0.15) is 30.3 Å². The summed E-state index contributed by atoms with van der Waals surface area (Å²) in [5, 5.41) is 9.49. The van der Waals surface area contributed by atoms with Crippen molar-refractivity contribution in [1.29, 1.82) is 0 Å². The molecule has 0 saturated carbocycles. The summed E-state index contributed by atoms with van der Waals surface area (Å²) in [6.07, 6.45) is 3.69. The van der Waals surface area contributed by atoms with Crippen LogP contribution in [0.25, 0.3) is 0 Å². The van der Waals surface area contributed by atoms with Gasteiger partial charge in [0, 0.05) is 19.7 Å². The van der Waals surface area contributed by atoms with Crippen LogP contribution in [0, 0.1) is 0 Å². The van der Waals surface area contributed by atoms with Gasteiger partial charge in [0.2, 0.25) is 0 Å². The molecule has 2 heterocycles. The van der Waals surface area contributed by atoms with Crippen LogP contribution in [-0.2, 0) is 0 Å². The minimum absolute atomic E-state index is 0.166. The summed E-state index contributed by atoms with van der Waals surface area (Å²) >= 11 is 0. The number of nitrogens with zero attached hydrogens (tertiary/aromatic N) is 4. The molecule has 1 fully saturated rings. The molecular formula is C18H24N4O2. The van der Waals surface area contributed by atoms with Crippen molar-refractivity contribution in [3.8, 4) is 5.75 Å². The first-order valence-electron chi connectivity index (χ1n) is 8.36. The zero-order valence-corrected chi connectivity index (χ0v) is 14.0. The summed E-state index contributed by atoms with van der Waals surface area (Å²) in [6, 6.07) is 11.9. The van der Waals surface area contributed by atoms with E-state index < -0.39 is 0 Å². The first-order valence-corrected chi connectivity index (χ1v) is 8.36. The molecule has 24 heavy (non-hydrogen) atoms. The molecule has 1 aliphatic rings. The first-order chi connectivity index (χ1) is 11.8. The Kier molecular flexibility index (Phi) is 5.48. The predicted molar refractivity (Wildman–Crippen MR) is 94.7 cm³/mol. The summed E-state index contributed by atoms with van der Waals surface area (Å²) in [4.78, 5) is 13.0. The number of ether oxygens (including phenoxy) is 1. The lowest BCUT2D eigenvalue weighted by Gasteiger charge is -2.25. The van der Waals surface area contributed by atoms with Crippen molar-refractivity contribution >= 4 is 11.6 Å². The van der Waals surface area contributed by atoms with E-state index >= 15 is 0 Å². The largest absolute Gasteiger partial charge is 0.492 e. The minimum Gasteiger partial charge on any atom is -0.492 e. The van der Waals surface area contributed by atoms with E-state index in [9.17, 15) is 5.11 Å². The van der Waals surface area contributed by atoms with Crippen molar-refractivity contribution in [2.75, 3.05) is 43.2 Å². The molecule has 0 aliphatic carbocycles. The van der Waals surface area contributed by atoms with Crippen molar-refractivity contribution in [3.05, 3.63) is 42.7 Å². The van der Waals surface area contributed by atoms with Gasteiger partial charge in [0.05, 0.1) is 19.2 Å². The lowest BCUT2D eigenvalue weighted by atomic mass is 10.2. The third-order valence-corrected chi connectivity index (χ3v) is 4.35. The molecule has 6 nitrogen and oxygen atoms in total. The Hall–Kier alpha value is -2.34. The minimum atomic E-state index is 0.166. The molecule has 0 amide bonds. The fourth-order valence-electron chi connectivity index (χ4n) is 2.96. The molecule has 2 aromatic rings. The maximum atomic E-state index is 9.49. The molecule has 0 spiro atoms. The maximum Gasteiger partial charge on any atom is 0.134 e. The smallest absolute Gasteiger partial charge is 0.134 e. The standard InChI is InChI=1S/C18H24N4O2/c1-21(10-11-24-16-7-3-2-4-8-16)17-12-18(20-14-19-17)22-9-5-6-15(22)13-23/h2-4,7-8,12,14-15,23H,5-6,9-11,13H2,1H3/t15-/m0/s1. The lowest BCUT2D eigenvalue weighted by Crippen LogP contribution is -2.33. The highest BCUT2D eigenvalue weighted by molar-refractivity contribution is 5.51. The van der Waals surface area contributed by atoms with Crippen LogP contribution in [0.3, 0.4) is 0 Å². The highest BCUT2D eigenvalue weighted by atomic mass is 16.5. The van der Waals surface area contributed by atoms with Gasteiger partial charge in [-0.2, -0.15) is 0 Å². The molecule has 128 valence electrons. The fraction of sp³-hybridized carbons (Fsp3) is 0.444. The third-order valence-electron chi connectivity index (χ3n) is 4.35. The lowest BCUT2D eigenvalue weighted by molar-refractivity contribution is 0.266. The fourth-order valence-corrected chi connectivity index (χ4v) is 2.96. The number of hydrogen-bond acceptors (Lipinski definition) is 6. The van der Waals surface area contributed by atoms with Crippen LogP contribution in [0.2, 0.25) is 0 Å². The molecule has 1 saturated heterocycles. The number of likely N-dealkylation sites (N-methyl/N-ethyl adjacent to an activating group) is 1. The third kappa shape index (κ3) is 3.94. The number of hydrogen-bond donors (Lipinski definition) is 1. The van der Waals surface area contributed by atoms with Crippen molar-refractivity contribution in [3.63, 3.8) is 0 Å². The summed E-state index contributed by atoms with van der Waals surface area (Å²) in [7, 11) is 1.99. The van der Waals surface area contributed by atoms with Crippen molar-refractivity contribution in [2.45, 2.75) is 18.9 Å². The van der Waals surface area contributed by atoms with E-state index in [4.69, 9.17) is 4.74 Å². The molecular weight excluding hydrogens is 304 g/mol. The normalized spacial score (nSPS) is 17.1. The number of aliphatic hydroxyl groups excluding tert-OH is 1. The van der Waals surface area contributed by atoms with Crippen LogP contribution in [0.5, 0.6) is 5.75 Å². The molecule has 0 unspecified atom stereocenters. The van der Waals surface area contributed by atoms with Crippen molar-refractivity contribution in [2.24, 2.45) is 0 Å². The van der Waals surface area contributed by atoms with Gasteiger partial charge in [-0.1, -0.05) is 18.2 Å². The molecule has 1 aliphatic heterocycles. The van der Waals surface area contributed by atoms with E-state index in [-0.39, 0.29) is 12.6 Å². The zero-order chi connectivity index (χ0) is 16.8. The molecule has 1 atom stereocenters. The first kappa shape index (κ1) is 16.5. The van der Waals surface area contributed by atoms with Gasteiger partial charge in [0.15, 0.2) is 0 Å². The van der Waals surface area contributed by atoms with E-state index in [0.717, 1.165) is 43.3 Å². The number of aromatic nitrogens is 2. The van der Waals surface area contributed by atoms with E-state index in [1.165, 1.54) is 0 Å². The number of rotatable bonds is 7. The van der Waals surface area contributed by atoms with Gasteiger partial charge >= 0.3 is 0 Å². The number of aliphatic hydroxyl groups is 1. The Morgan fingerprint density at radius 3 is 2.92 bits per heavy atom. The average molecular weight is 328 g/mol. The second-order valence-electron chi connectivity index (χ2n) is 5.99. The van der Waals surface area contributed by atoms with Gasteiger partial charge in [0.25, 0.3) is 0 Å². The van der Waals surface area contributed by atoms with Gasteiger partial charge in [-0.15, -0.1) is 0 Å². The van der Waals surface area contributed by atoms with Gasteiger partial charge in [-0.25, -0.2) is 9.97 Å². The van der Waals surface area contributed by atoms with E-state index in [2.05, 4.69) is 19.8 Å². The van der Waals surface area contributed by atoms with Crippen LogP contribution in [0.1, 0.15) is 12.8 Å². The second-order valence-corrected chi connectivity index (χ2v) is 5.99. The summed E-state index contributed by atoms with van der Waals surface area (Å²) in [5.41, 5.74) is 0. The molecule has 1 aromatic heterocycles. The molecule has 1 N–H and O–H groups in total. The number of benzene rings is 1. The Bertz CT molecular complexity index is 638. The predicted octanol–water partition coefficient (Wildman–Crippen LogP) is 1.95. The van der Waals surface area contributed by atoms with Gasteiger partial charge < -0.3 is 19.6 Å². The van der Waals surface area contributed by atoms with Gasteiger partial charge in [-0.05, 0) is 25.0 Å². The maximum absolute atomic E-state index is 9.49. The monoisotopic (exact) mass is 328 g/mol. The zero-order valence-electron chi connectivity index (χ0n) is 14.0. The summed E-state index contributed by atoms with van der Waals surface area (Å²) in [6.45, 7) is 2.42. The Morgan fingerprint density at radius 2 is 2.12 bits per heavy atom. The van der Waals surface area contributed by atoms with Crippen LogP contribution in [0.4, 0.5) is 11.6 Å². The Labute approximate surface area is 142 Å². The van der Waals surface area contributed by atoms with Gasteiger partial charge in [-0.3, -0.25) is 0 Å². The Balaban J connectivity index is 1.59. The molecule has 6 heteroatoms. The molecule has 0 radical (unpaired) electrons. The van der Waals surface area contributed by atoms with Crippen LogP contribution in [-0.4, -0.2) is 54.5 Å². The van der Waals surface area contributed by atoms with E-state index in [1.54, 1.807) is 6.33 Å². The molecule has 1 aromatic carbocycles. The van der Waals surface area contributed by atoms with E-state index in [1.807, 2.05) is 43.4 Å². The quantitative estimate of drug-likeness (QED) is 0.838. The second kappa shape index (κ2) is 7.97. The number of para-hydroxylation sites is 1. The average Bonchev–Trinajstić information content (AvgIpc) is 3.11. The topological polar surface area (TPSA) is 61.7 Å². The van der Waals surface area contributed by atoms with Crippen LogP contribution >= 0.6 is 0 Å². The van der Waals surface area contributed by atoms with E-state index in [0.29, 0.717) is 6.61 Å². The molecule has 3 rings (SSSR count).